The van der Waals surface area contributed by atoms with Gasteiger partial charge in [-0.2, -0.15) is 0 Å². The monoisotopic (exact) mass is 366 g/mol. The zero-order valence-corrected chi connectivity index (χ0v) is 14.6. The summed E-state index contributed by atoms with van der Waals surface area (Å²) in [5.41, 5.74) is 1.23. The van der Waals surface area contributed by atoms with Gasteiger partial charge in [0.25, 0.3) is 5.91 Å². The summed E-state index contributed by atoms with van der Waals surface area (Å²) < 4.78 is 5.55. The number of halogens is 2. The van der Waals surface area contributed by atoms with Gasteiger partial charge in [-0.15, -0.1) is 0 Å². The van der Waals surface area contributed by atoms with Crippen LogP contribution in [0.25, 0.3) is 0 Å². The molecule has 0 radical (unpaired) electrons. The zero-order chi connectivity index (χ0) is 17.7. The number of carbonyl (C=O) groups excluding carboxylic acids is 2. The van der Waals surface area contributed by atoms with Crippen LogP contribution < -0.4 is 15.4 Å². The Bertz CT molecular complexity index is 748. The molecule has 7 heteroatoms. The summed E-state index contributed by atoms with van der Waals surface area (Å²) in [5.74, 6) is -0.154. The lowest BCUT2D eigenvalue weighted by molar-refractivity contribution is -0.122. The predicted molar refractivity (Wildman–Crippen MR) is 95.9 cm³/mol. The van der Waals surface area contributed by atoms with Gasteiger partial charge in [-0.25, -0.2) is 0 Å². The van der Waals surface area contributed by atoms with Gasteiger partial charge in [-0.3, -0.25) is 9.59 Å². The molecular weight excluding hydrogens is 351 g/mol. The van der Waals surface area contributed by atoms with Gasteiger partial charge < -0.3 is 15.4 Å². The molecule has 0 aliphatic heterocycles. The van der Waals surface area contributed by atoms with Crippen molar-refractivity contribution in [2.45, 2.75) is 20.0 Å². The third kappa shape index (κ3) is 4.88. The highest BCUT2D eigenvalue weighted by atomic mass is 35.5. The Hall–Kier alpha value is -2.24. The standard InChI is InChI=1S/C17H16Cl2N2O3/c1-10(24-15-5-3-4-14(18)16(15)19)17(23)21-13-8-6-12(7-9-13)20-11(2)22/h3-10H,1-2H3,(H,20,22)(H,21,23). The lowest BCUT2D eigenvalue weighted by Crippen LogP contribution is -2.30. The molecule has 0 fully saturated rings. The molecule has 2 amide bonds. The van der Waals surface area contributed by atoms with Crippen molar-refractivity contribution in [3.05, 3.63) is 52.5 Å². The minimum absolute atomic E-state index is 0.160. The van der Waals surface area contributed by atoms with Crippen LogP contribution in [0.2, 0.25) is 10.0 Å². The fourth-order valence-corrected chi connectivity index (χ4v) is 2.24. The second-order valence-corrected chi connectivity index (χ2v) is 5.84. The second-order valence-electron chi connectivity index (χ2n) is 5.06. The maximum absolute atomic E-state index is 12.2. The summed E-state index contributed by atoms with van der Waals surface area (Å²) in [7, 11) is 0. The number of hydrogen-bond donors (Lipinski definition) is 2. The molecule has 2 rings (SSSR count). The van der Waals surface area contributed by atoms with Gasteiger partial charge in [-0.1, -0.05) is 29.3 Å². The summed E-state index contributed by atoms with van der Waals surface area (Å²) in [4.78, 5) is 23.2. The summed E-state index contributed by atoms with van der Waals surface area (Å²) in [6.45, 7) is 3.04. The number of anilines is 2. The smallest absolute Gasteiger partial charge is 0.265 e. The molecule has 0 aliphatic rings. The Kier molecular flexibility index (Phi) is 6.06. The number of hydrogen-bond acceptors (Lipinski definition) is 3. The average molecular weight is 367 g/mol. The van der Waals surface area contributed by atoms with E-state index in [4.69, 9.17) is 27.9 Å². The summed E-state index contributed by atoms with van der Waals surface area (Å²) in [5, 5.41) is 5.99. The van der Waals surface area contributed by atoms with Crippen LogP contribution in [0.1, 0.15) is 13.8 Å². The van der Waals surface area contributed by atoms with Crippen molar-refractivity contribution in [1.82, 2.24) is 0 Å². The molecular formula is C17H16Cl2N2O3. The molecule has 5 nitrogen and oxygen atoms in total. The molecule has 0 aromatic heterocycles. The van der Waals surface area contributed by atoms with Gasteiger partial charge in [0.2, 0.25) is 5.91 Å². The number of rotatable bonds is 5. The maximum Gasteiger partial charge on any atom is 0.265 e. The van der Waals surface area contributed by atoms with E-state index in [2.05, 4.69) is 10.6 Å². The van der Waals surface area contributed by atoms with Crippen molar-refractivity contribution in [3.8, 4) is 5.75 Å². The quantitative estimate of drug-likeness (QED) is 0.825. The van der Waals surface area contributed by atoms with Crippen LogP contribution in [0.5, 0.6) is 5.75 Å². The van der Waals surface area contributed by atoms with Gasteiger partial charge in [0, 0.05) is 18.3 Å². The first kappa shape index (κ1) is 18.1. The van der Waals surface area contributed by atoms with Crippen molar-refractivity contribution in [2.24, 2.45) is 0 Å². The van der Waals surface area contributed by atoms with Crippen LogP contribution in [0.4, 0.5) is 11.4 Å². The fraction of sp³-hybridized carbons (Fsp3) is 0.176. The number of carbonyl (C=O) groups is 2. The van der Waals surface area contributed by atoms with Crippen LogP contribution in [0.15, 0.2) is 42.5 Å². The third-order valence-corrected chi connectivity index (χ3v) is 3.86. The van der Waals surface area contributed by atoms with Gasteiger partial charge in [0.15, 0.2) is 6.10 Å². The molecule has 0 heterocycles. The molecule has 2 aromatic carbocycles. The summed E-state index contributed by atoms with van der Waals surface area (Å²) in [6, 6.07) is 11.7. The normalized spacial score (nSPS) is 11.5. The highest BCUT2D eigenvalue weighted by molar-refractivity contribution is 6.42. The second kappa shape index (κ2) is 8.04. The van der Waals surface area contributed by atoms with E-state index in [0.717, 1.165) is 0 Å². The Morgan fingerprint density at radius 1 is 1.00 bits per heavy atom. The molecule has 2 aromatic rings. The van der Waals surface area contributed by atoms with E-state index < -0.39 is 6.10 Å². The molecule has 0 aliphatic carbocycles. The van der Waals surface area contributed by atoms with E-state index in [1.165, 1.54) is 6.92 Å². The Labute approximate surface area is 149 Å². The first-order chi connectivity index (χ1) is 11.4. The van der Waals surface area contributed by atoms with Crippen molar-refractivity contribution in [3.63, 3.8) is 0 Å². The van der Waals surface area contributed by atoms with Gasteiger partial charge in [0.1, 0.15) is 10.8 Å². The van der Waals surface area contributed by atoms with Crippen molar-refractivity contribution >= 4 is 46.4 Å². The Morgan fingerprint density at radius 3 is 2.17 bits per heavy atom. The fourth-order valence-electron chi connectivity index (χ4n) is 1.90. The van der Waals surface area contributed by atoms with Crippen molar-refractivity contribution in [1.29, 1.82) is 0 Å². The van der Waals surface area contributed by atoms with Crippen molar-refractivity contribution < 1.29 is 14.3 Å². The third-order valence-electron chi connectivity index (χ3n) is 3.06. The molecule has 0 saturated heterocycles. The maximum atomic E-state index is 12.2. The Morgan fingerprint density at radius 2 is 1.58 bits per heavy atom. The Balaban J connectivity index is 1.98. The topological polar surface area (TPSA) is 67.4 Å². The number of nitrogens with one attached hydrogen (secondary N) is 2. The summed E-state index contributed by atoms with van der Waals surface area (Å²) in [6.07, 6.45) is -0.768. The van der Waals surface area contributed by atoms with Crippen LogP contribution in [-0.4, -0.2) is 17.9 Å². The highest BCUT2D eigenvalue weighted by Gasteiger charge is 2.17. The van der Waals surface area contributed by atoms with Crippen LogP contribution in [0, 0.1) is 0 Å². The van der Waals surface area contributed by atoms with E-state index in [-0.39, 0.29) is 16.8 Å². The van der Waals surface area contributed by atoms with Gasteiger partial charge in [0.05, 0.1) is 5.02 Å². The highest BCUT2D eigenvalue weighted by Crippen LogP contribution is 2.32. The minimum Gasteiger partial charge on any atom is -0.479 e. The van der Waals surface area contributed by atoms with Crippen LogP contribution in [0.3, 0.4) is 0 Å². The lowest BCUT2D eigenvalue weighted by Gasteiger charge is -2.16. The average Bonchev–Trinajstić information content (AvgIpc) is 2.53. The minimum atomic E-state index is -0.768. The van der Waals surface area contributed by atoms with E-state index in [1.54, 1.807) is 49.4 Å². The molecule has 2 N–H and O–H groups in total. The van der Waals surface area contributed by atoms with Crippen molar-refractivity contribution in [2.75, 3.05) is 10.6 Å². The molecule has 0 spiro atoms. The molecule has 126 valence electrons. The first-order valence-electron chi connectivity index (χ1n) is 7.16. The van der Waals surface area contributed by atoms with Crippen LogP contribution >= 0.6 is 23.2 Å². The predicted octanol–water partition coefficient (Wildman–Crippen LogP) is 4.36. The van der Waals surface area contributed by atoms with Gasteiger partial charge in [-0.05, 0) is 43.3 Å². The largest absolute Gasteiger partial charge is 0.479 e. The van der Waals surface area contributed by atoms with Gasteiger partial charge >= 0.3 is 0 Å². The molecule has 0 saturated carbocycles. The van der Waals surface area contributed by atoms with E-state index in [0.29, 0.717) is 22.1 Å². The molecule has 24 heavy (non-hydrogen) atoms. The molecule has 1 unspecified atom stereocenters. The van der Waals surface area contributed by atoms with E-state index in [1.807, 2.05) is 0 Å². The van der Waals surface area contributed by atoms with E-state index in [9.17, 15) is 9.59 Å². The number of benzene rings is 2. The summed E-state index contributed by atoms with van der Waals surface area (Å²) >= 11 is 12.0. The molecule has 0 bridgehead atoms. The lowest BCUT2D eigenvalue weighted by atomic mass is 10.2. The van der Waals surface area contributed by atoms with E-state index >= 15 is 0 Å². The SMILES string of the molecule is CC(=O)Nc1ccc(NC(=O)C(C)Oc2cccc(Cl)c2Cl)cc1. The molecule has 1 atom stereocenters. The zero-order valence-electron chi connectivity index (χ0n) is 13.1. The van der Waals surface area contributed by atoms with Crippen LogP contribution in [-0.2, 0) is 9.59 Å². The number of ether oxygens (including phenoxy) is 1. The first-order valence-corrected chi connectivity index (χ1v) is 7.91. The number of amides is 2.